The molecule has 114 heavy (non-hydrogen) atoms. The molecule has 17 nitrogen and oxygen atoms in total. The molecule has 0 aliphatic heterocycles. The Kier molecular flexibility index (Phi) is 48.3. The molecule has 0 N–H and O–H groups in total. The van der Waals surface area contributed by atoms with Crippen LogP contribution in [-0.2, 0) is 110 Å². The van der Waals surface area contributed by atoms with E-state index >= 15 is 0 Å². The summed E-state index contributed by atoms with van der Waals surface area (Å²) in [6, 6.07) is 30.8. The SMILES string of the molecule is CCCCCCCCCCCCc1ccc(S(=O)(=O)N(c2ccc(S(=O)(=O)[O-])cc2)S(=O)(=O)c2ccc(CCCCCCCCCCCC)cc2C(C)C)cc1.CCCCCCCCCCCCc1ccc(S(=O)(=O)N(c2ccc(S(=O)(=O)[O-])cc2)S(=O)(=O)c2ccc(CCCCCCCCCCCC)cc2C(C)C)cc1.[O]=[Ti+2]. The van der Waals surface area contributed by atoms with Crippen molar-refractivity contribution in [1.29, 1.82) is 0 Å². The van der Waals surface area contributed by atoms with Gasteiger partial charge in [-0.1, -0.05) is 335 Å². The first-order valence-electron chi connectivity index (χ1n) is 42.8. The fourth-order valence-corrected chi connectivity index (χ4v) is 23.4. The molecule has 0 atom stereocenters. The van der Waals surface area contributed by atoms with Gasteiger partial charge in [0.2, 0.25) is 0 Å². The summed E-state index contributed by atoms with van der Waals surface area (Å²) in [7, 11) is -28.7. The second-order valence-electron chi connectivity index (χ2n) is 31.4. The monoisotopic (exact) mass is 1720 g/mol. The average molecular weight is 1730 g/mol. The van der Waals surface area contributed by atoms with Crippen molar-refractivity contribution < 1.29 is 83.3 Å². The van der Waals surface area contributed by atoms with Crippen LogP contribution in [0.4, 0.5) is 11.4 Å². The van der Waals surface area contributed by atoms with Crippen LogP contribution in [0.2, 0.25) is 0 Å². The first-order valence-corrected chi connectivity index (χ1v) is 52.0. The van der Waals surface area contributed by atoms with E-state index in [1.807, 2.05) is 39.8 Å². The molecule has 0 saturated heterocycles. The molecule has 0 amide bonds. The molecule has 0 aromatic heterocycles. The Morgan fingerprint density at radius 1 is 0.254 bits per heavy atom. The van der Waals surface area contributed by atoms with Gasteiger partial charge < -0.3 is 9.11 Å². The van der Waals surface area contributed by atoms with Crippen LogP contribution in [0.3, 0.4) is 0 Å². The first kappa shape index (κ1) is 101. The number of anilines is 2. The molecule has 24 heteroatoms. The van der Waals surface area contributed by atoms with Gasteiger partial charge in [0, 0.05) is 0 Å². The van der Waals surface area contributed by atoms with Crippen LogP contribution in [-0.4, -0.2) is 59.6 Å². The van der Waals surface area contributed by atoms with E-state index in [-0.39, 0.29) is 42.8 Å². The molecule has 0 radical (unpaired) electrons. The van der Waals surface area contributed by atoms with Gasteiger partial charge in [-0.2, -0.15) is 24.3 Å². The number of unbranched alkanes of at least 4 members (excludes halogenated alkanes) is 36. The zero-order valence-corrected chi connectivity index (χ0v) is 76.4. The molecule has 0 fully saturated rings. The minimum atomic E-state index is -4.85. The molecular weight excluding hydrogens is 1590 g/mol. The fraction of sp³-hybridized carbons (Fsp3) is 0.600. The summed E-state index contributed by atoms with van der Waals surface area (Å²) in [5.74, 6) is -0.481. The summed E-state index contributed by atoms with van der Waals surface area (Å²) in [4.78, 5) is -1.88. The molecule has 0 spiro atoms. The fourth-order valence-electron chi connectivity index (χ4n) is 14.5. The van der Waals surface area contributed by atoms with Gasteiger partial charge in [-0.15, -0.1) is 0 Å². The summed E-state index contributed by atoms with van der Waals surface area (Å²) >= 11 is 0.750. The van der Waals surface area contributed by atoms with Crippen molar-refractivity contribution in [3.8, 4) is 0 Å². The van der Waals surface area contributed by atoms with Crippen molar-refractivity contribution in [2.75, 3.05) is 7.42 Å². The Hall–Kier alpha value is -4.95. The van der Waals surface area contributed by atoms with Gasteiger partial charge in [0.1, 0.15) is 20.2 Å². The van der Waals surface area contributed by atoms with E-state index in [2.05, 4.69) is 27.7 Å². The van der Waals surface area contributed by atoms with E-state index in [0.717, 1.165) is 194 Å². The van der Waals surface area contributed by atoms with Crippen molar-refractivity contribution >= 4 is 71.7 Å². The maximum absolute atomic E-state index is 14.7. The number of rotatable bonds is 58. The third-order valence-corrected chi connectivity index (χ3v) is 31.4. The van der Waals surface area contributed by atoms with Gasteiger partial charge in [-0.05, 0) is 182 Å². The van der Waals surface area contributed by atoms with Crippen molar-refractivity contribution in [2.45, 2.75) is 379 Å². The summed E-state index contributed by atoms with van der Waals surface area (Å²) in [5.41, 5.74) is 4.31. The molecule has 6 rings (SSSR count). The summed E-state index contributed by atoms with van der Waals surface area (Å²) < 4.78 is 196. The number of benzene rings is 6. The van der Waals surface area contributed by atoms with Crippen LogP contribution < -0.4 is 7.42 Å². The van der Waals surface area contributed by atoms with Crippen molar-refractivity contribution in [2.24, 2.45) is 0 Å². The molecule has 0 bridgehead atoms. The predicted molar refractivity (Wildman–Crippen MR) is 459 cm³/mol. The van der Waals surface area contributed by atoms with Crippen LogP contribution >= 0.6 is 0 Å². The standard InChI is InChI=1S/2C45H69NO7S3.O.Ti/c2*1-5-7-9-11-13-15-17-19-21-23-25-39-27-32-42(33-28-39)54(47,48)46(41-30-34-43(35-31-41)56(51,52)53)55(49,50)45-36-29-40(37-44(45)38(3)4)26-24-22-20-18-16-14-12-10-8-6-2;;/h2*27-38H,5-26H2,1-4H3,(H,51,52,53);;/q;;;+2/p-2. The minimum absolute atomic E-state index is 0.138. The van der Waals surface area contributed by atoms with Gasteiger partial charge in [-0.25, -0.2) is 33.7 Å². The van der Waals surface area contributed by atoms with Crippen LogP contribution in [0.1, 0.15) is 357 Å². The zero-order chi connectivity index (χ0) is 84.1. The number of nitrogens with zero attached hydrogens (tertiary/aromatic N) is 2. The number of hydrogen-bond donors (Lipinski definition) is 0. The van der Waals surface area contributed by atoms with Crippen LogP contribution in [0.15, 0.2) is 163 Å². The van der Waals surface area contributed by atoms with Crippen LogP contribution in [0, 0.1) is 0 Å². The van der Waals surface area contributed by atoms with Gasteiger partial charge in [0.05, 0.1) is 40.7 Å². The Morgan fingerprint density at radius 2 is 0.447 bits per heavy atom. The number of aryl methyl sites for hydroxylation is 4. The molecule has 0 aliphatic carbocycles. The third kappa shape index (κ3) is 35.2. The Labute approximate surface area is 702 Å². The zero-order valence-electron chi connectivity index (χ0n) is 69.9. The van der Waals surface area contributed by atoms with E-state index in [1.54, 1.807) is 36.4 Å². The Bertz CT molecular complexity index is 4130. The molecule has 0 aliphatic rings. The van der Waals surface area contributed by atoms with Crippen molar-refractivity contribution in [3.63, 3.8) is 0 Å². The van der Waals surface area contributed by atoms with E-state index in [9.17, 15) is 59.6 Å². The second-order valence-corrected chi connectivity index (χ2v) is 41.7. The topological polar surface area (TPSA) is 275 Å². The molecule has 0 unspecified atom stereocenters. The molecule has 6 aromatic rings. The maximum atomic E-state index is 14.7. The van der Waals surface area contributed by atoms with E-state index < -0.39 is 70.1 Å². The molecule has 636 valence electrons. The Balaban J connectivity index is 0.000000470. The summed E-state index contributed by atoms with van der Waals surface area (Å²) in [5, 5.41) is 0. The van der Waals surface area contributed by atoms with Gasteiger partial charge in [0.15, 0.2) is 0 Å². The van der Waals surface area contributed by atoms with Crippen molar-refractivity contribution in [1.82, 2.24) is 0 Å². The molecule has 0 heterocycles. The van der Waals surface area contributed by atoms with Gasteiger partial charge >= 0.3 is 23.7 Å². The molecule has 6 aromatic carbocycles. The van der Waals surface area contributed by atoms with E-state index in [0.29, 0.717) is 18.5 Å². The third-order valence-electron chi connectivity index (χ3n) is 21.2. The predicted octanol–water partition coefficient (Wildman–Crippen LogP) is 24.3. The first-order chi connectivity index (χ1) is 54.5. The number of sulfonamides is 4. The van der Waals surface area contributed by atoms with Crippen LogP contribution in [0.25, 0.3) is 0 Å². The van der Waals surface area contributed by atoms with E-state index in [4.69, 9.17) is 3.32 Å². The van der Waals surface area contributed by atoms with Gasteiger partial charge in [-0.3, -0.25) is 0 Å². The average Bonchev–Trinajstić information content (AvgIpc) is 0.746. The normalized spacial score (nSPS) is 12.2. The molecule has 0 saturated carbocycles. The molecular formula is C90H136N2O15S6Ti. The second kappa shape index (κ2) is 54.3. The Morgan fingerprint density at radius 3 is 0.658 bits per heavy atom. The quantitative estimate of drug-likeness (QED) is 0.0195. The van der Waals surface area contributed by atoms with Gasteiger partial charge in [0.25, 0.3) is 40.1 Å². The van der Waals surface area contributed by atoms with E-state index in [1.165, 1.54) is 216 Å². The summed E-state index contributed by atoms with van der Waals surface area (Å²) in [6.07, 6.45) is 51.8. The van der Waals surface area contributed by atoms with Crippen LogP contribution in [0.5, 0.6) is 0 Å². The summed E-state index contributed by atoms with van der Waals surface area (Å²) in [6.45, 7) is 16.4. The van der Waals surface area contributed by atoms with Crippen molar-refractivity contribution in [3.05, 3.63) is 167 Å². The number of hydrogen-bond acceptors (Lipinski definition) is 15.